The second kappa shape index (κ2) is 1.77. The molecule has 1 aromatic heterocycles. The van der Waals surface area contributed by atoms with Crippen LogP contribution in [0, 0.1) is 0 Å². The molecule has 0 atom stereocenters. The molecule has 1 heterocycles. The largest absolute Gasteiger partial charge is 0.480 e. The molecule has 0 fully saturated rings. The second-order valence-electron chi connectivity index (χ2n) is 1.31. The van der Waals surface area contributed by atoms with Crippen LogP contribution in [0.5, 0.6) is 5.95 Å². The molecule has 0 radical (unpaired) electrons. The molecule has 0 unspecified atom stereocenters. The predicted molar refractivity (Wildman–Crippen MR) is 25.1 cm³/mol. The topological polar surface area (TPSA) is 83.6 Å². The summed E-state index contributed by atoms with van der Waals surface area (Å²) in [5.74, 6) is -2.30. The van der Waals surface area contributed by atoms with Gasteiger partial charge < -0.3 is 14.6 Å². The molecule has 0 aromatic carbocycles. The molecule has 0 saturated carbocycles. The van der Waals surface area contributed by atoms with Crippen LogP contribution in [-0.2, 0) is 0 Å². The minimum Gasteiger partial charge on any atom is -0.480 e. The molecule has 0 bridgehead atoms. The Hall–Kier alpha value is -1.52. The summed E-state index contributed by atoms with van der Waals surface area (Å²) in [6.07, 6.45) is 0.920. The summed E-state index contributed by atoms with van der Waals surface area (Å²) in [4.78, 5) is 13.1. The van der Waals surface area contributed by atoms with Crippen molar-refractivity contribution in [2.24, 2.45) is 0 Å². The van der Waals surface area contributed by atoms with Crippen LogP contribution >= 0.6 is 0 Å². The first-order chi connectivity index (χ1) is 4.20. The van der Waals surface area contributed by atoms with Gasteiger partial charge in [0.2, 0.25) is 0 Å². The van der Waals surface area contributed by atoms with Crippen molar-refractivity contribution in [3.8, 4) is 5.95 Å². The molecule has 9 heavy (non-hydrogen) atoms. The molecule has 5 nitrogen and oxygen atoms in total. The molecule has 0 aliphatic carbocycles. The third-order valence-corrected chi connectivity index (χ3v) is 0.676. The van der Waals surface area contributed by atoms with Crippen LogP contribution in [0.3, 0.4) is 0 Å². The van der Waals surface area contributed by atoms with Crippen LogP contribution in [0.2, 0.25) is 0 Å². The van der Waals surface area contributed by atoms with E-state index >= 15 is 0 Å². The summed E-state index contributed by atoms with van der Waals surface area (Å²) in [6, 6.07) is 0. The molecule has 0 aliphatic heterocycles. The van der Waals surface area contributed by atoms with Crippen molar-refractivity contribution in [3.05, 3.63) is 12.1 Å². The Bertz CT molecular complexity index is 228. The molecule has 1 rings (SSSR count). The summed E-state index contributed by atoms with van der Waals surface area (Å²) in [5, 5.41) is 16.5. The number of aromatic nitrogens is 1. The third kappa shape index (κ3) is 0.987. The van der Waals surface area contributed by atoms with Gasteiger partial charge in [-0.15, -0.1) is 0 Å². The number of rotatable bonds is 1. The Morgan fingerprint density at radius 3 is 2.67 bits per heavy atom. The van der Waals surface area contributed by atoms with Crippen LogP contribution in [0.25, 0.3) is 0 Å². The normalized spacial score (nSPS) is 9.33. The van der Waals surface area contributed by atoms with Gasteiger partial charge in [-0.1, -0.05) is 0 Å². The summed E-state index contributed by atoms with van der Waals surface area (Å²) < 4.78 is 4.19. The number of carbonyl (C=O) groups is 1. The van der Waals surface area contributed by atoms with Gasteiger partial charge in [0.15, 0.2) is 0 Å². The van der Waals surface area contributed by atoms with E-state index in [-0.39, 0.29) is 0 Å². The zero-order valence-electron chi connectivity index (χ0n) is 4.24. The van der Waals surface area contributed by atoms with E-state index in [1.54, 1.807) is 0 Å². The van der Waals surface area contributed by atoms with E-state index in [2.05, 4.69) is 9.40 Å². The zero-order chi connectivity index (χ0) is 6.85. The molecule has 0 saturated heterocycles. The summed E-state index contributed by atoms with van der Waals surface area (Å²) >= 11 is 0. The molecule has 1 aromatic rings. The van der Waals surface area contributed by atoms with Gasteiger partial charge in [0.05, 0.1) is 0 Å². The Balaban J connectivity index is 2.98. The highest BCUT2D eigenvalue weighted by Gasteiger charge is 2.08. The lowest BCUT2D eigenvalue weighted by molar-refractivity contribution is 0.0647. The Morgan fingerprint density at radius 2 is 2.44 bits per heavy atom. The molecular formula is C4H3NO4. The van der Waals surface area contributed by atoms with Crippen molar-refractivity contribution in [2.45, 2.75) is 0 Å². The molecule has 48 valence electrons. The maximum atomic E-state index is 9.95. The van der Waals surface area contributed by atoms with E-state index in [9.17, 15) is 4.79 Å². The Morgan fingerprint density at radius 1 is 1.78 bits per heavy atom. The Kier molecular flexibility index (Phi) is 1.11. The predicted octanol–water partition coefficient (Wildman–Crippen LogP) is 0.0784. The standard InChI is InChI=1S/C4H3NO4/c6-2-1-5-3(9-2)4(7)8/h1,6H,(H,7,8). The molecule has 5 heteroatoms. The van der Waals surface area contributed by atoms with Crippen LogP contribution in [0.4, 0.5) is 0 Å². The second-order valence-corrected chi connectivity index (χ2v) is 1.31. The van der Waals surface area contributed by atoms with Gasteiger partial charge >= 0.3 is 17.8 Å². The van der Waals surface area contributed by atoms with Gasteiger partial charge in [0.1, 0.15) is 6.20 Å². The fourth-order valence-electron chi connectivity index (χ4n) is 0.364. The van der Waals surface area contributed by atoms with Crippen LogP contribution < -0.4 is 0 Å². The molecule has 0 spiro atoms. The van der Waals surface area contributed by atoms with Gasteiger partial charge in [-0.05, 0) is 0 Å². The number of hydrogen-bond acceptors (Lipinski definition) is 4. The lowest BCUT2D eigenvalue weighted by Crippen LogP contribution is -1.94. The fraction of sp³-hybridized carbons (Fsp3) is 0. The third-order valence-electron chi connectivity index (χ3n) is 0.676. The first-order valence-corrected chi connectivity index (χ1v) is 2.08. The first kappa shape index (κ1) is 5.61. The van der Waals surface area contributed by atoms with Crippen molar-refractivity contribution in [1.29, 1.82) is 0 Å². The highest BCUT2D eigenvalue weighted by atomic mass is 16.5. The smallest absolute Gasteiger partial charge is 0.392 e. The van der Waals surface area contributed by atoms with Crippen LogP contribution in [0.15, 0.2) is 10.6 Å². The number of hydrogen-bond donors (Lipinski definition) is 2. The number of carboxylic acids is 1. The maximum absolute atomic E-state index is 9.95. The van der Waals surface area contributed by atoms with Crippen molar-refractivity contribution < 1.29 is 19.4 Å². The quantitative estimate of drug-likeness (QED) is 0.560. The van der Waals surface area contributed by atoms with Crippen molar-refractivity contribution >= 4 is 5.97 Å². The highest BCUT2D eigenvalue weighted by molar-refractivity contribution is 5.82. The fourth-order valence-corrected chi connectivity index (χ4v) is 0.364. The van der Waals surface area contributed by atoms with E-state index in [4.69, 9.17) is 10.2 Å². The van der Waals surface area contributed by atoms with Gasteiger partial charge in [-0.3, -0.25) is 0 Å². The van der Waals surface area contributed by atoms with Crippen LogP contribution in [0.1, 0.15) is 10.7 Å². The van der Waals surface area contributed by atoms with Crippen LogP contribution in [-0.4, -0.2) is 21.2 Å². The minimum atomic E-state index is -1.30. The molecule has 0 amide bonds. The van der Waals surface area contributed by atoms with E-state index < -0.39 is 17.8 Å². The van der Waals surface area contributed by atoms with Gasteiger partial charge in [-0.25, -0.2) is 9.78 Å². The number of carboxylic acid groups (broad SMARTS) is 1. The number of aromatic carboxylic acids is 1. The average molecular weight is 129 g/mol. The monoisotopic (exact) mass is 129 g/mol. The van der Waals surface area contributed by atoms with Gasteiger partial charge in [0, 0.05) is 0 Å². The first-order valence-electron chi connectivity index (χ1n) is 2.08. The number of nitrogens with zero attached hydrogens (tertiary/aromatic N) is 1. The van der Waals surface area contributed by atoms with E-state index in [1.807, 2.05) is 0 Å². The average Bonchev–Trinajstić information content (AvgIpc) is 2.14. The van der Waals surface area contributed by atoms with Crippen molar-refractivity contribution in [1.82, 2.24) is 4.98 Å². The van der Waals surface area contributed by atoms with E-state index in [0.29, 0.717) is 0 Å². The molecular weight excluding hydrogens is 126 g/mol. The zero-order valence-corrected chi connectivity index (χ0v) is 4.24. The van der Waals surface area contributed by atoms with Crippen molar-refractivity contribution in [3.63, 3.8) is 0 Å². The molecule has 2 N–H and O–H groups in total. The molecule has 0 aliphatic rings. The van der Waals surface area contributed by atoms with E-state index in [1.165, 1.54) is 0 Å². The van der Waals surface area contributed by atoms with E-state index in [0.717, 1.165) is 6.20 Å². The minimum absolute atomic E-state index is 0.493. The Labute approximate surface area is 49.6 Å². The number of aromatic hydroxyl groups is 1. The summed E-state index contributed by atoms with van der Waals surface area (Å²) in [7, 11) is 0. The highest BCUT2D eigenvalue weighted by Crippen LogP contribution is 2.08. The lowest BCUT2D eigenvalue weighted by Gasteiger charge is -1.79. The summed E-state index contributed by atoms with van der Waals surface area (Å²) in [5.41, 5.74) is 0. The van der Waals surface area contributed by atoms with Gasteiger partial charge in [-0.2, -0.15) is 0 Å². The lowest BCUT2D eigenvalue weighted by atomic mass is 10.7. The number of oxazole rings is 1. The summed E-state index contributed by atoms with van der Waals surface area (Å²) in [6.45, 7) is 0. The van der Waals surface area contributed by atoms with Crippen molar-refractivity contribution in [2.75, 3.05) is 0 Å². The van der Waals surface area contributed by atoms with Gasteiger partial charge in [0.25, 0.3) is 0 Å². The maximum Gasteiger partial charge on any atom is 0.392 e. The SMILES string of the molecule is O=C(O)c1ncc(O)o1.